The van der Waals surface area contributed by atoms with Crippen molar-refractivity contribution in [3.8, 4) is 11.3 Å². The molecule has 0 aromatic carbocycles. The maximum atomic E-state index is 12.4. The number of aromatic nitrogens is 2. The fraction of sp³-hybridized carbons (Fsp3) is 0.167. The highest BCUT2D eigenvalue weighted by Gasteiger charge is 2.32. The second-order valence-corrected chi connectivity index (χ2v) is 3.65. The van der Waals surface area contributed by atoms with Crippen LogP contribution in [0.2, 0.25) is 0 Å². The van der Waals surface area contributed by atoms with Crippen LogP contribution in [0.15, 0.2) is 36.7 Å². The van der Waals surface area contributed by atoms with E-state index in [0.29, 0.717) is 11.3 Å². The molecular formula is C12H10F3N3. The molecule has 0 aliphatic heterocycles. The molecule has 0 aliphatic rings. The topological polar surface area (TPSA) is 51.8 Å². The van der Waals surface area contributed by atoms with E-state index in [9.17, 15) is 13.2 Å². The van der Waals surface area contributed by atoms with Gasteiger partial charge in [-0.1, -0.05) is 6.07 Å². The van der Waals surface area contributed by atoms with Crippen LogP contribution in [-0.2, 0) is 12.7 Å². The minimum Gasteiger partial charge on any atom is -0.326 e. The van der Waals surface area contributed by atoms with E-state index in [1.54, 1.807) is 18.3 Å². The van der Waals surface area contributed by atoms with Gasteiger partial charge in [0, 0.05) is 24.5 Å². The Balaban J connectivity index is 2.41. The van der Waals surface area contributed by atoms with Crippen molar-refractivity contribution < 1.29 is 13.2 Å². The highest BCUT2D eigenvalue weighted by molar-refractivity contribution is 5.61. The molecule has 0 spiro atoms. The molecule has 94 valence electrons. The monoisotopic (exact) mass is 253 g/mol. The van der Waals surface area contributed by atoms with Crippen molar-refractivity contribution >= 4 is 0 Å². The zero-order valence-electron chi connectivity index (χ0n) is 9.28. The molecule has 0 radical (unpaired) electrons. The number of halogens is 3. The minimum absolute atomic E-state index is 0.268. The maximum Gasteiger partial charge on any atom is 0.433 e. The normalized spacial score (nSPS) is 11.6. The molecule has 2 N–H and O–H groups in total. The quantitative estimate of drug-likeness (QED) is 0.895. The van der Waals surface area contributed by atoms with Crippen LogP contribution in [0, 0.1) is 0 Å². The lowest BCUT2D eigenvalue weighted by Gasteiger charge is -2.08. The Labute approximate surface area is 101 Å². The molecule has 2 heterocycles. The Hall–Kier alpha value is -1.95. The average Bonchev–Trinajstić information content (AvgIpc) is 2.38. The summed E-state index contributed by atoms with van der Waals surface area (Å²) in [6.07, 6.45) is -1.71. The van der Waals surface area contributed by atoms with E-state index < -0.39 is 11.9 Å². The Bertz CT molecular complexity index is 535. The molecule has 6 heteroatoms. The fourth-order valence-corrected chi connectivity index (χ4v) is 1.56. The standard InChI is InChI=1S/C12H10F3N3/c13-12(14,15)10-4-3-9(7-18-10)11-8(6-16)2-1-5-17-11/h1-5,7H,6,16H2. The SMILES string of the molecule is NCc1cccnc1-c1ccc(C(F)(F)F)nc1. The third-order valence-electron chi connectivity index (χ3n) is 2.44. The van der Waals surface area contributed by atoms with Gasteiger partial charge in [0.25, 0.3) is 0 Å². The third-order valence-corrected chi connectivity index (χ3v) is 2.44. The van der Waals surface area contributed by atoms with Crippen molar-refractivity contribution in [1.82, 2.24) is 9.97 Å². The summed E-state index contributed by atoms with van der Waals surface area (Å²) in [7, 11) is 0. The number of rotatable bonds is 2. The molecule has 0 bridgehead atoms. The lowest BCUT2D eigenvalue weighted by Crippen LogP contribution is -2.07. The van der Waals surface area contributed by atoms with Crippen molar-refractivity contribution in [2.75, 3.05) is 0 Å². The molecule has 3 nitrogen and oxygen atoms in total. The van der Waals surface area contributed by atoms with Gasteiger partial charge < -0.3 is 5.73 Å². The van der Waals surface area contributed by atoms with Crippen molar-refractivity contribution in [2.24, 2.45) is 5.73 Å². The Morgan fingerprint density at radius 2 is 1.89 bits per heavy atom. The summed E-state index contributed by atoms with van der Waals surface area (Å²) in [4.78, 5) is 7.51. The lowest BCUT2D eigenvalue weighted by molar-refractivity contribution is -0.141. The van der Waals surface area contributed by atoms with Gasteiger partial charge in [0.2, 0.25) is 0 Å². The summed E-state index contributed by atoms with van der Waals surface area (Å²) in [5.41, 5.74) is 6.46. The molecule has 0 amide bonds. The molecule has 0 fully saturated rings. The van der Waals surface area contributed by atoms with Crippen molar-refractivity contribution in [1.29, 1.82) is 0 Å². The van der Waals surface area contributed by atoms with Gasteiger partial charge >= 0.3 is 6.18 Å². The van der Waals surface area contributed by atoms with Crippen LogP contribution in [0.1, 0.15) is 11.3 Å². The summed E-state index contributed by atoms with van der Waals surface area (Å²) in [6.45, 7) is 0.268. The molecule has 0 unspecified atom stereocenters. The van der Waals surface area contributed by atoms with E-state index in [1.165, 1.54) is 6.07 Å². The smallest absolute Gasteiger partial charge is 0.326 e. The second kappa shape index (κ2) is 4.73. The van der Waals surface area contributed by atoms with Crippen molar-refractivity contribution in [3.63, 3.8) is 0 Å². The van der Waals surface area contributed by atoms with Crippen LogP contribution in [0.3, 0.4) is 0 Å². The zero-order valence-corrected chi connectivity index (χ0v) is 9.28. The average molecular weight is 253 g/mol. The van der Waals surface area contributed by atoms with Crippen molar-refractivity contribution in [2.45, 2.75) is 12.7 Å². The molecule has 2 aromatic rings. The highest BCUT2D eigenvalue weighted by atomic mass is 19.4. The fourth-order valence-electron chi connectivity index (χ4n) is 1.56. The number of hydrogen-bond acceptors (Lipinski definition) is 3. The minimum atomic E-state index is -4.43. The van der Waals surface area contributed by atoms with Gasteiger partial charge in [-0.3, -0.25) is 9.97 Å². The number of nitrogens with zero attached hydrogens (tertiary/aromatic N) is 2. The van der Waals surface area contributed by atoms with E-state index >= 15 is 0 Å². The summed E-state index contributed by atoms with van der Waals surface area (Å²) >= 11 is 0. The molecular weight excluding hydrogens is 243 g/mol. The Morgan fingerprint density at radius 1 is 1.11 bits per heavy atom. The third kappa shape index (κ3) is 2.48. The van der Waals surface area contributed by atoms with Gasteiger partial charge in [0.15, 0.2) is 0 Å². The first-order chi connectivity index (χ1) is 8.52. The van der Waals surface area contributed by atoms with Crippen LogP contribution in [0.4, 0.5) is 13.2 Å². The predicted molar refractivity (Wildman–Crippen MR) is 60.4 cm³/mol. The van der Waals surface area contributed by atoms with Crippen LogP contribution < -0.4 is 5.73 Å². The number of pyridine rings is 2. The molecule has 18 heavy (non-hydrogen) atoms. The second-order valence-electron chi connectivity index (χ2n) is 3.65. The largest absolute Gasteiger partial charge is 0.433 e. The van der Waals surface area contributed by atoms with E-state index in [1.807, 2.05) is 0 Å². The van der Waals surface area contributed by atoms with E-state index in [-0.39, 0.29) is 6.54 Å². The van der Waals surface area contributed by atoms with Gasteiger partial charge in [0.05, 0.1) is 5.69 Å². The van der Waals surface area contributed by atoms with Gasteiger partial charge in [-0.05, 0) is 23.8 Å². The van der Waals surface area contributed by atoms with Crippen LogP contribution in [0.25, 0.3) is 11.3 Å². The van der Waals surface area contributed by atoms with Crippen LogP contribution in [0.5, 0.6) is 0 Å². The highest BCUT2D eigenvalue weighted by Crippen LogP contribution is 2.29. The first-order valence-corrected chi connectivity index (χ1v) is 5.20. The predicted octanol–water partition coefficient (Wildman–Crippen LogP) is 2.62. The zero-order chi connectivity index (χ0) is 13.2. The summed E-state index contributed by atoms with van der Waals surface area (Å²) in [5, 5.41) is 0. The van der Waals surface area contributed by atoms with Crippen molar-refractivity contribution in [3.05, 3.63) is 47.9 Å². The molecule has 0 aliphatic carbocycles. The molecule has 2 aromatic heterocycles. The molecule has 0 saturated heterocycles. The molecule has 2 rings (SSSR count). The van der Waals surface area contributed by atoms with E-state index in [4.69, 9.17) is 5.73 Å². The van der Waals surface area contributed by atoms with Crippen LogP contribution in [-0.4, -0.2) is 9.97 Å². The first-order valence-electron chi connectivity index (χ1n) is 5.20. The Morgan fingerprint density at radius 3 is 2.44 bits per heavy atom. The number of alkyl halides is 3. The lowest BCUT2D eigenvalue weighted by atomic mass is 10.1. The van der Waals surface area contributed by atoms with Gasteiger partial charge in [-0.15, -0.1) is 0 Å². The van der Waals surface area contributed by atoms with E-state index in [2.05, 4.69) is 9.97 Å². The van der Waals surface area contributed by atoms with Gasteiger partial charge in [-0.25, -0.2) is 0 Å². The maximum absolute atomic E-state index is 12.4. The molecule has 0 atom stereocenters. The summed E-state index contributed by atoms with van der Waals surface area (Å²) in [6, 6.07) is 5.78. The first kappa shape index (κ1) is 12.5. The van der Waals surface area contributed by atoms with Gasteiger partial charge in [0.1, 0.15) is 5.69 Å². The summed E-state index contributed by atoms with van der Waals surface area (Å²) in [5.74, 6) is 0. The number of hydrogen-bond donors (Lipinski definition) is 1. The van der Waals surface area contributed by atoms with Gasteiger partial charge in [-0.2, -0.15) is 13.2 Å². The Kier molecular flexibility index (Phi) is 3.29. The molecule has 0 saturated carbocycles. The summed E-state index contributed by atoms with van der Waals surface area (Å²) < 4.78 is 37.1. The number of nitrogens with two attached hydrogens (primary N) is 1. The van der Waals surface area contributed by atoms with Crippen LogP contribution >= 0.6 is 0 Å². The van der Waals surface area contributed by atoms with E-state index in [0.717, 1.165) is 17.8 Å².